The second-order valence-electron chi connectivity index (χ2n) is 6.91. The Balaban J connectivity index is 1.41. The monoisotopic (exact) mass is 395 g/mol. The first-order valence-electron chi connectivity index (χ1n) is 9.58. The van der Waals surface area contributed by atoms with Crippen LogP contribution in [0.4, 0.5) is 5.69 Å². The van der Waals surface area contributed by atoms with Crippen molar-refractivity contribution in [1.29, 1.82) is 0 Å². The Kier molecular flexibility index (Phi) is 5.67. The van der Waals surface area contributed by atoms with Crippen LogP contribution < -0.4 is 9.64 Å². The third-order valence-electron chi connectivity index (χ3n) is 5.29. The van der Waals surface area contributed by atoms with Crippen LogP contribution in [0.5, 0.6) is 5.75 Å². The van der Waals surface area contributed by atoms with Gasteiger partial charge < -0.3 is 19.1 Å². The maximum Gasteiger partial charge on any atom is 0.225 e. The summed E-state index contributed by atoms with van der Waals surface area (Å²) in [4.78, 5) is 18.6. The van der Waals surface area contributed by atoms with Gasteiger partial charge >= 0.3 is 0 Å². The van der Waals surface area contributed by atoms with Crippen molar-refractivity contribution in [3.63, 3.8) is 0 Å². The normalized spacial score (nSPS) is 15.5. The molecule has 0 N–H and O–H groups in total. The molecule has 1 saturated heterocycles. The summed E-state index contributed by atoms with van der Waals surface area (Å²) < 4.78 is 7.62. The van der Waals surface area contributed by atoms with Crippen LogP contribution in [0.2, 0.25) is 0 Å². The minimum atomic E-state index is 0.0646. The fourth-order valence-corrected chi connectivity index (χ4v) is 4.61. The fraction of sp³-hybridized carbons (Fsp3) is 0.318. The number of piperazine rings is 1. The van der Waals surface area contributed by atoms with E-state index in [1.807, 2.05) is 53.7 Å². The van der Waals surface area contributed by atoms with Gasteiger partial charge in [0.15, 0.2) is 0 Å². The standard InChI is InChI=1S/C22H25N3O2S/c1-27-20-8-3-2-7-18(20)24-12-14-25(15-13-24)22(26)17-19(21-9-6-16-28-21)23-10-4-5-11-23/h2-11,16,19H,12-15,17H2,1H3/t19-/m1/s1. The van der Waals surface area contributed by atoms with Gasteiger partial charge in [-0.1, -0.05) is 18.2 Å². The third-order valence-corrected chi connectivity index (χ3v) is 6.26. The van der Waals surface area contributed by atoms with Crippen LogP contribution in [-0.2, 0) is 4.79 Å². The highest BCUT2D eigenvalue weighted by atomic mass is 32.1. The zero-order valence-electron chi connectivity index (χ0n) is 16.0. The van der Waals surface area contributed by atoms with Crippen molar-refractivity contribution in [3.05, 3.63) is 71.2 Å². The molecule has 4 rings (SSSR count). The SMILES string of the molecule is COc1ccccc1N1CCN(C(=O)C[C@H](c2cccs2)n2cccc2)CC1. The van der Waals surface area contributed by atoms with Crippen molar-refractivity contribution in [3.8, 4) is 5.75 Å². The number of benzene rings is 1. The van der Waals surface area contributed by atoms with Crippen LogP contribution in [0, 0.1) is 0 Å². The molecule has 3 aromatic rings. The van der Waals surface area contributed by atoms with E-state index in [2.05, 4.69) is 27.0 Å². The van der Waals surface area contributed by atoms with E-state index in [0.29, 0.717) is 6.42 Å². The molecule has 1 atom stereocenters. The zero-order chi connectivity index (χ0) is 19.3. The third kappa shape index (κ3) is 3.92. The molecular weight excluding hydrogens is 370 g/mol. The molecule has 1 fully saturated rings. The van der Waals surface area contributed by atoms with Crippen molar-refractivity contribution in [2.45, 2.75) is 12.5 Å². The van der Waals surface area contributed by atoms with Gasteiger partial charge in [0.2, 0.25) is 5.91 Å². The summed E-state index contributed by atoms with van der Waals surface area (Å²) in [5, 5.41) is 2.07. The van der Waals surface area contributed by atoms with Crippen molar-refractivity contribution in [1.82, 2.24) is 9.47 Å². The van der Waals surface area contributed by atoms with Crippen molar-refractivity contribution in [2.24, 2.45) is 0 Å². The summed E-state index contributed by atoms with van der Waals surface area (Å²) in [7, 11) is 1.70. The van der Waals surface area contributed by atoms with Gasteiger partial charge in [-0.3, -0.25) is 4.79 Å². The van der Waals surface area contributed by atoms with Gasteiger partial charge in [0, 0.05) is 43.4 Å². The molecule has 6 heteroatoms. The molecule has 0 saturated carbocycles. The number of methoxy groups -OCH3 is 1. The molecule has 0 aliphatic carbocycles. The van der Waals surface area contributed by atoms with Crippen molar-refractivity contribution >= 4 is 22.9 Å². The topological polar surface area (TPSA) is 37.7 Å². The number of anilines is 1. The summed E-state index contributed by atoms with van der Waals surface area (Å²) in [6, 6.07) is 16.3. The number of hydrogen-bond donors (Lipinski definition) is 0. The highest BCUT2D eigenvalue weighted by Crippen LogP contribution is 2.30. The van der Waals surface area contributed by atoms with Crippen molar-refractivity contribution < 1.29 is 9.53 Å². The maximum absolute atomic E-state index is 13.0. The van der Waals surface area contributed by atoms with Gasteiger partial charge in [0.05, 0.1) is 25.3 Å². The number of thiophene rings is 1. The van der Waals surface area contributed by atoms with Crippen LogP contribution in [0.15, 0.2) is 66.3 Å². The largest absolute Gasteiger partial charge is 0.495 e. The molecule has 1 aliphatic heterocycles. The van der Waals surface area contributed by atoms with Gasteiger partial charge in [-0.2, -0.15) is 0 Å². The quantitative estimate of drug-likeness (QED) is 0.636. The number of hydrogen-bond acceptors (Lipinski definition) is 4. The number of amides is 1. The van der Waals surface area contributed by atoms with Crippen LogP contribution in [0.25, 0.3) is 0 Å². The number of ether oxygens (including phenoxy) is 1. The Morgan fingerprint density at radius 1 is 1.04 bits per heavy atom. The number of rotatable bonds is 6. The van der Waals surface area contributed by atoms with Gasteiger partial charge in [0.25, 0.3) is 0 Å². The van der Waals surface area contributed by atoms with E-state index in [1.165, 1.54) is 4.88 Å². The number of aromatic nitrogens is 1. The molecule has 28 heavy (non-hydrogen) atoms. The lowest BCUT2D eigenvalue weighted by Crippen LogP contribution is -2.49. The van der Waals surface area contributed by atoms with E-state index >= 15 is 0 Å². The Hall–Kier alpha value is -2.73. The molecule has 0 spiro atoms. The van der Waals surface area contributed by atoms with Crippen LogP contribution in [0.1, 0.15) is 17.3 Å². The first-order chi connectivity index (χ1) is 13.8. The van der Waals surface area contributed by atoms with E-state index in [1.54, 1.807) is 18.4 Å². The molecule has 0 unspecified atom stereocenters. The minimum Gasteiger partial charge on any atom is -0.495 e. The van der Waals surface area contributed by atoms with Gasteiger partial charge in [-0.05, 0) is 35.7 Å². The molecule has 146 valence electrons. The predicted octanol–water partition coefficient (Wildman–Crippen LogP) is 3.89. The summed E-state index contributed by atoms with van der Waals surface area (Å²) in [6.07, 6.45) is 4.57. The van der Waals surface area contributed by atoms with E-state index in [9.17, 15) is 4.79 Å². The van der Waals surface area contributed by atoms with Crippen LogP contribution >= 0.6 is 11.3 Å². The molecule has 0 bridgehead atoms. The van der Waals surface area contributed by atoms with E-state index in [0.717, 1.165) is 37.6 Å². The summed E-state index contributed by atoms with van der Waals surface area (Å²) in [6.45, 7) is 3.11. The summed E-state index contributed by atoms with van der Waals surface area (Å²) in [5.41, 5.74) is 1.10. The zero-order valence-corrected chi connectivity index (χ0v) is 16.8. The lowest BCUT2D eigenvalue weighted by atomic mass is 10.1. The molecule has 1 amide bonds. The Morgan fingerprint density at radius 3 is 2.46 bits per heavy atom. The van der Waals surface area contributed by atoms with E-state index < -0.39 is 0 Å². The number of nitrogens with zero attached hydrogens (tertiary/aromatic N) is 3. The first-order valence-corrected chi connectivity index (χ1v) is 10.5. The lowest BCUT2D eigenvalue weighted by molar-refractivity contribution is -0.132. The molecular formula is C22H25N3O2S. The first kappa shape index (κ1) is 18.6. The number of carbonyl (C=O) groups is 1. The lowest BCUT2D eigenvalue weighted by Gasteiger charge is -2.37. The molecule has 5 nitrogen and oxygen atoms in total. The smallest absolute Gasteiger partial charge is 0.225 e. The Labute approximate surface area is 169 Å². The van der Waals surface area contributed by atoms with Gasteiger partial charge in [-0.25, -0.2) is 0 Å². The second kappa shape index (κ2) is 8.52. The molecule has 3 heterocycles. The van der Waals surface area contributed by atoms with Gasteiger partial charge in [-0.15, -0.1) is 11.3 Å². The fourth-order valence-electron chi connectivity index (χ4n) is 3.77. The van der Waals surface area contributed by atoms with E-state index in [-0.39, 0.29) is 11.9 Å². The van der Waals surface area contributed by atoms with Crippen LogP contribution in [0.3, 0.4) is 0 Å². The van der Waals surface area contributed by atoms with Crippen LogP contribution in [-0.4, -0.2) is 48.7 Å². The number of carbonyl (C=O) groups excluding carboxylic acids is 1. The Bertz CT molecular complexity index is 850. The molecule has 0 radical (unpaired) electrons. The van der Waals surface area contributed by atoms with E-state index in [4.69, 9.17) is 4.74 Å². The summed E-state index contributed by atoms with van der Waals surface area (Å²) in [5.74, 6) is 1.10. The molecule has 2 aromatic heterocycles. The number of para-hydroxylation sites is 2. The maximum atomic E-state index is 13.0. The Morgan fingerprint density at radius 2 is 1.79 bits per heavy atom. The second-order valence-corrected chi connectivity index (χ2v) is 7.88. The minimum absolute atomic E-state index is 0.0646. The summed E-state index contributed by atoms with van der Waals surface area (Å²) >= 11 is 1.71. The highest BCUT2D eigenvalue weighted by molar-refractivity contribution is 7.10. The highest BCUT2D eigenvalue weighted by Gasteiger charge is 2.26. The van der Waals surface area contributed by atoms with Crippen molar-refractivity contribution in [2.75, 3.05) is 38.2 Å². The average Bonchev–Trinajstić information content (AvgIpc) is 3.46. The average molecular weight is 396 g/mol. The van der Waals surface area contributed by atoms with Gasteiger partial charge in [0.1, 0.15) is 5.75 Å². The molecule has 1 aliphatic rings. The molecule has 1 aromatic carbocycles. The predicted molar refractivity (Wildman–Crippen MR) is 113 cm³/mol.